The highest BCUT2D eigenvalue weighted by molar-refractivity contribution is 5.23. The van der Waals surface area contributed by atoms with Crippen LogP contribution in [0.3, 0.4) is 0 Å². The minimum Gasteiger partial charge on any atom is -0.383 e. The molecule has 0 saturated heterocycles. The van der Waals surface area contributed by atoms with Gasteiger partial charge in [0.05, 0.1) is 18.3 Å². The van der Waals surface area contributed by atoms with E-state index in [1.165, 1.54) is 49.3 Å². The number of nitrogens with zero attached hydrogens (tertiary/aromatic N) is 2. The molecule has 0 bridgehead atoms. The van der Waals surface area contributed by atoms with E-state index in [-0.39, 0.29) is 0 Å². The maximum Gasteiger partial charge on any atom is 0.112 e. The summed E-state index contributed by atoms with van der Waals surface area (Å²) in [6.45, 7) is 5.08. The fraction of sp³-hybridized carbons (Fsp3) is 0.824. The first kappa shape index (κ1) is 15.0. The summed E-state index contributed by atoms with van der Waals surface area (Å²) in [6, 6.07) is 0.446. The topological polar surface area (TPSA) is 39.1 Å². The van der Waals surface area contributed by atoms with E-state index >= 15 is 0 Å². The van der Waals surface area contributed by atoms with Crippen LogP contribution in [0.1, 0.15) is 74.6 Å². The van der Waals surface area contributed by atoms with Crippen molar-refractivity contribution in [2.75, 3.05) is 20.3 Å². The number of hydrogen-bond acceptors (Lipinski definition) is 3. The van der Waals surface area contributed by atoms with Crippen LogP contribution < -0.4 is 5.32 Å². The minimum atomic E-state index is 0.446. The lowest BCUT2D eigenvalue weighted by molar-refractivity contribution is 0.149. The number of methoxy groups -OCH3 is 1. The first-order valence-electron chi connectivity index (χ1n) is 8.64. The van der Waals surface area contributed by atoms with Crippen LogP contribution in [0.2, 0.25) is 0 Å². The molecule has 1 N–H and O–H groups in total. The van der Waals surface area contributed by atoms with Gasteiger partial charge in [-0.25, -0.2) is 4.98 Å². The normalized spacial score (nSPS) is 21.2. The van der Waals surface area contributed by atoms with Gasteiger partial charge in [-0.15, -0.1) is 0 Å². The fourth-order valence-corrected chi connectivity index (χ4v) is 3.98. The molecule has 1 aliphatic heterocycles. The van der Waals surface area contributed by atoms with Crippen LogP contribution >= 0.6 is 0 Å². The molecule has 118 valence electrons. The summed E-state index contributed by atoms with van der Waals surface area (Å²) in [5, 5.41) is 3.47. The number of hydrogen-bond donors (Lipinski definition) is 1. The Balaban J connectivity index is 1.98. The Kier molecular flexibility index (Phi) is 4.96. The maximum atomic E-state index is 5.49. The molecule has 0 spiro atoms. The quantitative estimate of drug-likeness (QED) is 0.905. The number of ether oxygens (including phenoxy) is 1. The molecule has 1 unspecified atom stereocenters. The summed E-state index contributed by atoms with van der Waals surface area (Å²) >= 11 is 0. The zero-order valence-electron chi connectivity index (χ0n) is 13.5. The summed E-state index contributed by atoms with van der Waals surface area (Å²) in [6.07, 6.45) is 8.97. The van der Waals surface area contributed by atoms with Crippen molar-refractivity contribution in [1.29, 1.82) is 0 Å². The Morgan fingerprint density at radius 1 is 1.33 bits per heavy atom. The van der Waals surface area contributed by atoms with Gasteiger partial charge in [-0.3, -0.25) is 0 Å². The Morgan fingerprint density at radius 3 is 2.86 bits per heavy atom. The molecule has 1 atom stereocenters. The highest BCUT2D eigenvalue weighted by Gasteiger charge is 2.29. The van der Waals surface area contributed by atoms with Gasteiger partial charge >= 0.3 is 0 Å². The summed E-state index contributed by atoms with van der Waals surface area (Å²) in [5.41, 5.74) is 2.76. The van der Waals surface area contributed by atoms with E-state index in [2.05, 4.69) is 16.8 Å². The molecule has 0 radical (unpaired) electrons. The van der Waals surface area contributed by atoms with E-state index in [0.29, 0.717) is 12.0 Å². The van der Waals surface area contributed by atoms with E-state index in [1.807, 2.05) is 7.11 Å². The van der Waals surface area contributed by atoms with Crippen LogP contribution in [0.4, 0.5) is 0 Å². The first-order valence-corrected chi connectivity index (χ1v) is 8.64. The van der Waals surface area contributed by atoms with Crippen molar-refractivity contribution in [3.05, 3.63) is 17.2 Å². The molecule has 1 aliphatic carbocycles. The average molecular weight is 291 g/mol. The van der Waals surface area contributed by atoms with E-state index in [9.17, 15) is 0 Å². The van der Waals surface area contributed by atoms with Crippen molar-refractivity contribution >= 4 is 0 Å². The van der Waals surface area contributed by atoms with Gasteiger partial charge in [-0.2, -0.15) is 0 Å². The van der Waals surface area contributed by atoms with Gasteiger partial charge in [0, 0.05) is 38.2 Å². The molecule has 1 aromatic heterocycles. The van der Waals surface area contributed by atoms with Gasteiger partial charge < -0.3 is 14.6 Å². The maximum absolute atomic E-state index is 5.49. The summed E-state index contributed by atoms with van der Waals surface area (Å²) < 4.78 is 8.05. The first-order chi connectivity index (χ1) is 10.3. The van der Waals surface area contributed by atoms with Crippen LogP contribution in [0, 0.1) is 0 Å². The number of aromatic nitrogens is 2. The Labute approximate surface area is 128 Å². The lowest BCUT2D eigenvalue weighted by Gasteiger charge is -2.27. The van der Waals surface area contributed by atoms with E-state index in [4.69, 9.17) is 9.72 Å². The van der Waals surface area contributed by atoms with Crippen LogP contribution in [-0.2, 0) is 17.7 Å². The number of imidazole rings is 1. The summed E-state index contributed by atoms with van der Waals surface area (Å²) in [7, 11) is 1.81. The molecular weight excluding hydrogens is 262 g/mol. The Bertz CT molecular complexity index is 463. The molecule has 1 fully saturated rings. The summed E-state index contributed by atoms with van der Waals surface area (Å²) in [4.78, 5) is 5.07. The monoisotopic (exact) mass is 291 g/mol. The fourth-order valence-electron chi connectivity index (χ4n) is 3.98. The second-order valence-corrected chi connectivity index (χ2v) is 6.51. The zero-order valence-corrected chi connectivity index (χ0v) is 13.5. The number of nitrogens with one attached hydrogen (secondary N) is 1. The predicted octanol–water partition coefficient (Wildman–Crippen LogP) is 3.17. The van der Waals surface area contributed by atoms with Gasteiger partial charge in [-0.1, -0.05) is 26.2 Å². The number of rotatable bonds is 5. The molecule has 3 rings (SSSR count). The predicted molar refractivity (Wildman–Crippen MR) is 84.7 cm³/mol. The van der Waals surface area contributed by atoms with Crippen LogP contribution in [-0.4, -0.2) is 29.8 Å². The average Bonchev–Trinajstić information content (AvgIpc) is 2.93. The molecule has 21 heavy (non-hydrogen) atoms. The molecule has 4 nitrogen and oxygen atoms in total. The largest absolute Gasteiger partial charge is 0.383 e. The third-order valence-electron chi connectivity index (χ3n) is 5.12. The van der Waals surface area contributed by atoms with E-state index < -0.39 is 0 Å². The van der Waals surface area contributed by atoms with Gasteiger partial charge in [0.1, 0.15) is 5.82 Å². The molecular formula is C17H29N3O. The molecule has 4 heteroatoms. The van der Waals surface area contributed by atoms with Crippen molar-refractivity contribution in [3.63, 3.8) is 0 Å². The second kappa shape index (κ2) is 6.93. The van der Waals surface area contributed by atoms with Crippen molar-refractivity contribution < 1.29 is 4.74 Å². The van der Waals surface area contributed by atoms with E-state index in [1.54, 1.807) is 0 Å². The Morgan fingerprint density at radius 2 is 2.14 bits per heavy atom. The van der Waals surface area contributed by atoms with E-state index in [0.717, 1.165) is 32.5 Å². The second-order valence-electron chi connectivity index (χ2n) is 6.51. The van der Waals surface area contributed by atoms with Gasteiger partial charge in [0.15, 0.2) is 0 Å². The van der Waals surface area contributed by atoms with Crippen LogP contribution in [0.5, 0.6) is 0 Å². The van der Waals surface area contributed by atoms with Gasteiger partial charge in [-0.05, 0) is 19.3 Å². The highest BCUT2D eigenvalue weighted by Crippen LogP contribution is 2.36. The third kappa shape index (κ3) is 3.02. The van der Waals surface area contributed by atoms with Crippen LogP contribution in [0.25, 0.3) is 0 Å². The molecule has 1 saturated carbocycles. The lowest BCUT2D eigenvalue weighted by atomic mass is 9.88. The van der Waals surface area contributed by atoms with Crippen molar-refractivity contribution in [3.8, 4) is 0 Å². The van der Waals surface area contributed by atoms with Gasteiger partial charge in [0.25, 0.3) is 0 Å². The molecule has 0 amide bonds. The SMILES string of the molecule is CCC(COC)n1c(C2CCCCC2)nc2c1CCNC2. The smallest absolute Gasteiger partial charge is 0.112 e. The number of fused-ring (bicyclic) bond motifs is 1. The van der Waals surface area contributed by atoms with Crippen molar-refractivity contribution in [2.24, 2.45) is 0 Å². The van der Waals surface area contributed by atoms with Crippen molar-refractivity contribution in [2.45, 2.75) is 70.4 Å². The van der Waals surface area contributed by atoms with Gasteiger partial charge in [0.2, 0.25) is 0 Å². The Hall–Kier alpha value is -0.870. The van der Waals surface area contributed by atoms with Crippen molar-refractivity contribution in [1.82, 2.24) is 14.9 Å². The third-order valence-corrected chi connectivity index (χ3v) is 5.12. The summed E-state index contributed by atoms with van der Waals surface area (Å²) in [5.74, 6) is 2.02. The molecule has 2 heterocycles. The molecule has 1 aromatic rings. The molecule has 0 aromatic carbocycles. The van der Waals surface area contributed by atoms with Crippen LogP contribution in [0.15, 0.2) is 0 Å². The lowest BCUT2D eigenvalue weighted by Crippen LogP contribution is -2.27. The standard InChI is InChI=1S/C17H29N3O/c1-3-14(12-21-2)20-16-9-10-18-11-15(16)19-17(20)13-7-5-4-6-8-13/h13-14,18H,3-12H2,1-2H3. The minimum absolute atomic E-state index is 0.446. The molecule has 2 aliphatic rings. The zero-order chi connectivity index (χ0) is 14.7. The highest BCUT2D eigenvalue weighted by atomic mass is 16.5.